The topological polar surface area (TPSA) is 61.4 Å². The molecular weight excluding hydrogens is 272 g/mol. The number of aliphatic hydroxyl groups is 1. The maximum Gasteiger partial charge on any atom is 0.315 e. The van der Waals surface area contributed by atoms with E-state index in [9.17, 15) is 9.90 Å². The number of amides is 2. The summed E-state index contributed by atoms with van der Waals surface area (Å²) in [6.45, 7) is 2.61. The number of urea groups is 1. The standard InChI is InChI=1S/C15H28N2O2S/c1-2-3-12-4-6-13(7-5-12)17-14(18)16-10-15(19)8-9-20-11-15/h12-13,19H,2-11H2,1H3,(H2,16,17,18). The molecule has 2 rings (SSSR count). The summed E-state index contributed by atoms with van der Waals surface area (Å²) in [7, 11) is 0. The average Bonchev–Trinajstić information content (AvgIpc) is 2.87. The molecule has 116 valence electrons. The monoisotopic (exact) mass is 300 g/mol. The summed E-state index contributed by atoms with van der Waals surface area (Å²) >= 11 is 1.75. The maximum atomic E-state index is 11.9. The van der Waals surface area contributed by atoms with Crippen molar-refractivity contribution in [1.82, 2.24) is 10.6 Å². The van der Waals surface area contributed by atoms with Crippen LogP contribution in [0, 0.1) is 5.92 Å². The molecule has 0 radical (unpaired) electrons. The molecule has 0 aromatic rings. The average molecular weight is 300 g/mol. The van der Waals surface area contributed by atoms with Crippen molar-refractivity contribution in [2.45, 2.75) is 63.5 Å². The van der Waals surface area contributed by atoms with Crippen LogP contribution in [0.5, 0.6) is 0 Å². The molecule has 2 amide bonds. The number of hydrogen-bond donors (Lipinski definition) is 3. The number of hydrogen-bond acceptors (Lipinski definition) is 3. The molecule has 1 atom stereocenters. The molecule has 0 spiro atoms. The van der Waals surface area contributed by atoms with Crippen LogP contribution >= 0.6 is 11.8 Å². The molecule has 5 heteroatoms. The van der Waals surface area contributed by atoms with Crippen LogP contribution < -0.4 is 10.6 Å². The Balaban J connectivity index is 1.63. The lowest BCUT2D eigenvalue weighted by Crippen LogP contribution is -2.49. The quantitative estimate of drug-likeness (QED) is 0.731. The van der Waals surface area contributed by atoms with E-state index in [2.05, 4.69) is 17.6 Å². The van der Waals surface area contributed by atoms with E-state index in [0.29, 0.717) is 12.6 Å². The number of thioether (sulfide) groups is 1. The van der Waals surface area contributed by atoms with Gasteiger partial charge in [-0.2, -0.15) is 11.8 Å². The summed E-state index contributed by atoms with van der Waals surface area (Å²) in [6.07, 6.45) is 8.03. The molecule has 20 heavy (non-hydrogen) atoms. The second kappa shape index (κ2) is 7.55. The fourth-order valence-electron chi connectivity index (χ4n) is 3.22. The molecule has 1 saturated carbocycles. The third-order valence-corrected chi connectivity index (χ3v) is 5.77. The lowest BCUT2D eigenvalue weighted by Gasteiger charge is -2.29. The van der Waals surface area contributed by atoms with Gasteiger partial charge in [0.05, 0.1) is 5.60 Å². The normalized spacial score (nSPS) is 33.9. The number of rotatable bonds is 5. The van der Waals surface area contributed by atoms with Gasteiger partial charge < -0.3 is 15.7 Å². The fraction of sp³-hybridized carbons (Fsp3) is 0.933. The molecule has 0 aromatic heterocycles. The Labute approximate surface area is 126 Å². The smallest absolute Gasteiger partial charge is 0.315 e. The molecule has 1 saturated heterocycles. The van der Waals surface area contributed by atoms with Crippen molar-refractivity contribution in [3.05, 3.63) is 0 Å². The van der Waals surface area contributed by atoms with Crippen LogP contribution in [0.4, 0.5) is 4.79 Å². The molecule has 1 unspecified atom stereocenters. The molecule has 4 nitrogen and oxygen atoms in total. The Hall–Kier alpha value is -0.420. The van der Waals surface area contributed by atoms with Crippen LogP contribution in [0.3, 0.4) is 0 Å². The molecule has 0 bridgehead atoms. The van der Waals surface area contributed by atoms with Crippen molar-refractivity contribution >= 4 is 17.8 Å². The van der Waals surface area contributed by atoms with Gasteiger partial charge in [-0.05, 0) is 43.8 Å². The number of carbonyl (C=O) groups excluding carboxylic acids is 1. The van der Waals surface area contributed by atoms with Gasteiger partial charge in [-0.3, -0.25) is 0 Å². The van der Waals surface area contributed by atoms with Crippen molar-refractivity contribution in [1.29, 1.82) is 0 Å². The highest BCUT2D eigenvalue weighted by molar-refractivity contribution is 7.99. The largest absolute Gasteiger partial charge is 0.387 e. The van der Waals surface area contributed by atoms with Gasteiger partial charge in [0.25, 0.3) is 0 Å². The van der Waals surface area contributed by atoms with Crippen molar-refractivity contribution in [2.24, 2.45) is 5.92 Å². The van der Waals surface area contributed by atoms with E-state index in [1.165, 1.54) is 25.7 Å². The van der Waals surface area contributed by atoms with Crippen molar-refractivity contribution in [3.63, 3.8) is 0 Å². The zero-order valence-electron chi connectivity index (χ0n) is 12.5. The van der Waals surface area contributed by atoms with Gasteiger partial charge in [0, 0.05) is 18.3 Å². The van der Waals surface area contributed by atoms with Crippen molar-refractivity contribution in [2.75, 3.05) is 18.1 Å². The first kappa shape index (κ1) is 16.0. The van der Waals surface area contributed by atoms with Crippen molar-refractivity contribution in [3.8, 4) is 0 Å². The molecule has 1 heterocycles. The molecule has 1 aliphatic carbocycles. The first-order valence-electron chi connectivity index (χ1n) is 7.96. The SMILES string of the molecule is CCCC1CCC(NC(=O)NCC2(O)CCSC2)CC1. The van der Waals surface area contributed by atoms with Gasteiger partial charge in [0.2, 0.25) is 0 Å². The Morgan fingerprint density at radius 3 is 2.70 bits per heavy atom. The number of carbonyl (C=O) groups is 1. The van der Waals surface area contributed by atoms with Gasteiger partial charge in [-0.1, -0.05) is 19.8 Å². The Morgan fingerprint density at radius 2 is 2.10 bits per heavy atom. The summed E-state index contributed by atoms with van der Waals surface area (Å²) in [5, 5.41) is 16.1. The molecule has 2 fully saturated rings. The zero-order valence-corrected chi connectivity index (χ0v) is 13.3. The van der Waals surface area contributed by atoms with E-state index < -0.39 is 5.60 Å². The second-order valence-electron chi connectivity index (χ2n) is 6.36. The third-order valence-electron chi connectivity index (χ3n) is 4.54. The number of nitrogens with one attached hydrogen (secondary N) is 2. The van der Waals surface area contributed by atoms with Crippen LogP contribution in [0.2, 0.25) is 0 Å². The third kappa shape index (κ3) is 4.85. The lowest BCUT2D eigenvalue weighted by atomic mass is 9.83. The predicted octanol–water partition coefficient (Wildman–Crippen LogP) is 2.51. The fourth-order valence-corrected chi connectivity index (χ4v) is 4.52. The minimum atomic E-state index is -0.694. The summed E-state index contributed by atoms with van der Waals surface area (Å²) in [5.74, 6) is 2.58. The summed E-state index contributed by atoms with van der Waals surface area (Å²) < 4.78 is 0. The minimum Gasteiger partial charge on any atom is -0.387 e. The van der Waals surface area contributed by atoms with Crippen LogP contribution in [-0.2, 0) is 0 Å². The Kier molecular flexibility index (Phi) is 6.02. The summed E-state index contributed by atoms with van der Waals surface area (Å²) in [5.41, 5.74) is -0.694. The van der Waals surface area contributed by atoms with Gasteiger partial charge in [0.1, 0.15) is 0 Å². The first-order valence-corrected chi connectivity index (χ1v) is 9.11. The molecule has 1 aliphatic heterocycles. The highest BCUT2D eigenvalue weighted by Crippen LogP contribution is 2.28. The highest BCUT2D eigenvalue weighted by atomic mass is 32.2. The summed E-state index contributed by atoms with van der Waals surface area (Å²) in [6, 6.07) is 0.199. The molecule has 2 aliphatic rings. The van der Waals surface area contributed by atoms with E-state index in [1.807, 2.05) is 0 Å². The Morgan fingerprint density at radius 1 is 1.35 bits per heavy atom. The Bertz CT molecular complexity index is 311. The van der Waals surface area contributed by atoms with Crippen LogP contribution in [0.1, 0.15) is 51.9 Å². The van der Waals surface area contributed by atoms with Crippen LogP contribution in [-0.4, -0.2) is 40.8 Å². The summed E-state index contributed by atoms with van der Waals surface area (Å²) in [4.78, 5) is 11.9. The van der Waals surface area contributed by atoms with E-state index in [-0.39, 0.29) is 6.03 Å². The van der Waals surface area contributed by atoms with Gasteiger partial charge >= 0.3 is 6.03 Å². The predicted molar refractivity (Wildman–Crippen MR) is 84.1 cm³/mol. The van der Waals surface area contributed by atoms with E-state index in [0.717, 1.165) is 36.7 Å². The zero-order chi connectivity index (χ0) is 14.4. The minimum absolute atomic E-state index is 0.116. The van der Waals surface area contributed by atoms with E-state index in [4.69, 9.17) is 0 Å². The maximum absolute atomic E-state index is 11.9. The van der Waals surface area contributed by atoms with Gasteiger partial charge in [0.15, 0.2) is 0 Å². The van der Waals surface area contributed by atoms with Crippen LogP contribution in [0.25, 0.3) is 0 Å². The van der Waals surface area contributed by atoms with Crippen molar-refractivity contribution < 1.29 is 9.90 Å². The molecule has 3 N–H and O–H groups in total. The van der Waals surface area contributed by atoms with Crippen LogP contribution in [0.15, 0.2) is 0 Å². The first-order chi connectivity index (χ1) is 9.61. The van der Waals surface area contributed by atoms with E-state index >= 15 is 0 Å². The molecule has 0 aromatic carbocycles. The van der Waals surface area contributed by atoms with E-state index in [1.54, 1.807) is 11.8 Å². The highest BCUT2D eigenvalue weighted by Gasteiger charge is 2.32. The lowest BCUT2D eigenvalue weighted by molar-refractivity contribution is 0.0697. The molecular formula is C15H28N2O2S. The van der Waals surface area contributed by atoms with Gasteiger partial charge in [-0.15, -0.1) is 0 Å². The second-order valence-corrected chi connectivity index (χ2v) is 7.47. The van der Waals surface area contributed by atoms with Gasteiger partial charge in [-0.25, -0.2) is 4.79 Å².